The van der Waals surface area contributed by atoms with Gasteiger partial charge in [-0.2, -0.15) is 10.1 Å². The highest BCUT2D eigenvalue weighted by Crippen LogP contribution is 2.18. The number of rotatable bonds is 5. The zero-order valence-electron chi connectivity index (χ0n) is 16.0. The highest BCUT2D eigenvalue weighted by Gasteiger charge is 2.19. The van der Waals surface area contributed by atoms with E-state index >= 15 is 0 Å². The first-order valence-electron chi connectivity index (χ1n) is 8.83. The zero-order chi connectivity index (χ0) is 19.6. The average molecular weight is 368 g/mol. The maximum absolute atomic E-state index is 12.3. The van der Waals surface area contributed by atoms with E-state index in [-0.39, 0.29) is 17.0 Å². The molecular weight excluding hydrogens is 344 g/mol. The molecule has 3 rings (SSSR count). The zero-order valence-corrected chi connectivity index (χ0v) is 16.0. The first-order valence-corrected chi connectivity index (χ1v) is 8.83. The largest absolute Gasteiger partial charge is 0.355 e. The lowest BCUT2D eigenvalue weighted by molar-refractivity contribution is 0.0963. The van der Waals surface area contributed by atoms with E-state index in [4.69, 9.17) is 0 Å². The Kier molecular flexibility index (Phi) is 4.98. The number of hydrogen-bond acceptors (Lipinski definition) is 5. The van der Waals surface area contributed by atoms with Crippen LogP contribution in [0.2, 0.25) is 0 Å². The van der Waals surface area contributed by atoms with Crippen LogP contribution in [0, 0.1) is 0 Å². The van der Waals surface area contributed by atoms with Crippen LogP contribution in [0.15, 0.2) is 35.3 Å². The number of fused-ring (bicyclic) bond motifs is 1. The van der Waals surface area contributed by atoms with Crippen molar-refractivity contribution in [2.75, 3.05) is 18.9 Å². The number of aromatic amines is 1. The Bertz CT molecular complexity index is 1030. The van der Waals surface area contributed by atoms with Gasteiger partial charge in [0.2, 0.25) is 5.95 Å². The Hall–Kier alpha value is -3.16. The molecule has 0 saturated heterocycles. The van der Waals surface area contributed by atoms with E-state index in [0.29, 0.717) is 35.5 Å². The van der Waals surface area contributed by atoms with Gasteiger partial charge in [-0.05, 0) is 44.9 Å². The molecule has 1 amide bonds. The van der Waals surface area contributed by atoms with Gasteiger partial charge in [-0.1, -0.05) is 12.1 Å². The summed E-state index contributed by atoms with van der Waals surface area (Å²) in [5.41, 5.74) is 1.69. The third-order valence-electron chi connectivity index (χ3n) is 4.20. The van der Waals surface area contributed by atoms with Gasteiger partial charge in [-0.15, -0.1) is 0 Å². The van der Waals surface area contributed by atoms with Gasteiger partial charge in [0.1, 0.15) is 5.39 Å². The van der Waals surface area contributed by atoms with Gasteiger partial charge in [0.25, 0.3) is 11.5 Å². The Labute approximate surface area is 157 Å². The molecule has 0 atom stereocenters. The monoisotopic (exact) mass is 368 g/mol. The summed E-state index contributed by atoms with van der Waals surface area (Å²) in [5, 5.41) is 10.5. The SMILES string of the molecule is CNC(=O)c1cccc(CCNc2nc3c(cnn3C(C)(C)C)c(=O)[nH]2)c1. The molecule has 8 heteroatoms. The van der Waals surface area contributed by atoms with Crippen LogP contribution in [-0.4, -0.2) is 39.2 Å². The second-order valence-electron chi connectivity index (χ2n) is 7.34. The Morgan fingerprint density at radius 2 is 2.07 bits per heavy atom. The van der Waals surface area contributed by atoms with Gasteiger partial charge in [0.05, 0.1) is 11.7 Å². The van der Waals surface area contributed by atoms with Crippen LogP contribution in [0.3, 0.4) is 0 Å². The second-order valence-corrected chi connectivity index (χ2v) is 7.34. The molecule has 27 heavy (non-hydrogen) atoms. The van der Waals surface area contributed by atoms with E-state index in [9.17, 15) is 9.59 Å². The van der Waals surface area contributed by atoms with Crippen LogP contribution in [0.1, 0.15) is 36.7 Å². The fourth-order valence-electron chi connectivity index (χ4n) is 2.83. The van der Waals surface area contributed by atoms with Crippen molar-refractivity contribution in [1.29, 1.82) is 0 Å². The smallest absolute Gasteiger partial charge is 0.263 e. The van der Waals surface area contributed by atoms with Crippen molar-refractivity contribution < 1.29 is 4.79 Å². The van der Waals surface area contributed by atoms with E-state index in [1.54, 1.807) is 24.0 Å². The molecule has 3 N–H and O–H groups in total. The van der Waals surface area contributed by atoms with Crippen LogP contribution in [0.4, 0.5) is 5.95 Å². The molecule has 0 aliphatic rings. The molecule has 0 unspecified atom stereocenters. The van der Waals surface area contributed by atoms with Crippen LogP contribution in [0.5, 0.6) is 0 Å². The molecule has 0 aliphatic carbocycles. The summed E-state index contributed by atoms with van der Waals surface area (Å²) in [6.45, 7) is 6.59. The van der Waals surface area contributed by atoms with Gasteiger partial charge in [-0.25, -0.2) is 4.68 Å². The van der Waals surface area contributed by atoms with Gasteiger partial charge in [0, 0.05) is 19.2 Å². The Balaban J connectivity index is 1.76. The molecule has 0 spiro atoms. The molecule has 0 aliphatic heterocycles. The number of hydrogen-bond donors (Lipinski definition) is 3. The number of carbonyl (C=O) groups excluding carboxylic acids is 1. The molecule has 3 aromatic rings. The summed E-state index contributed by atoms with van der Waals surface area (Å²) in [6, 6.07) is 7.45. The summed E-state index contributed by atoms with van der Waals surface area (Å²) in [5.74, 6) is 0.289. The van der Waals surface area contributed by atoms with E-state index in [1.165, 1.54) is 0 Å². The Morgan fingerprint density at radius 1 is 1.30 bits per heavy atom. The molecular formula is C19H24N6O2. The number of H-pyrrole nitrogens is 1. The van der Waals surface area contributed by atoms with Crippen molar-refractivity contribution in [1.82, 2.24) is 25.1 Å². The normalized spacial score (nSPS) is 11.6. The number of aromatic nitrogens is 4. The lowest BCUT2D eigenvalue weighted by Gasteiger charge is -2.19. The molecule has 2 aromatic heterocycles. The van der Waals surface area contributed by atoms with Gasteiger partial charge >= 0.3 is 0 Å². The lowest BCUT2D eigenvalue weighted by atomic mass is 10.1. The minimum atomic E-state index is -0.278. The van der Waals surface area contributed by atoms with Gasteiger partial charge < -0.3 is 10.6 Å². The summed E-state index contributed by atoms with van der Waals surface area (Å²) in [7, 11) is 1.61. The van der Waals surface area contributed by atoms with Gasteiger partial charge in [0.15, 0.2) is 5.65 Å². The molecule has 0 bridgehead atoms. The predicted molar refractivity (Wildman–Crippen MR) is 105 cm³/mol. The third-order valence-corrected chi connectivity index (χ3v) is 4.20. The quantitative estimate of drug-likeness (QED) is 0.638. The second kappa shape index (κ2) is 7.22. The fourth-order valence-corrected chi connectivity index (χ4v) is 2.83. The lowest BCUT2D eigenvalue weighted by Crippen LogP contribution is -2.24. The first-order chi connectivity index (χ1) is 12.8. The molecule has 2 heterocycles. The summed E-state index contributed by atoms with van der Waals surface area (Å²) >= 11 is 0. The molecule has 8 nitrogen and oxygen atoms in total. The average Bonchev–Trinajstić information content (AvgIpc) is 3.06. The van der Waals surface area contributed by atoms with E-state index in [0.717, 1.165) is 5.56 Å². The minimum Gasteiger partial charge on any atom is -0.355 e. The van der Waals surface area contributed by atoms with E-state index < -0.39 is 0 Å². The number of anilines is 1. The predicted octanol–water partition coefficient (Wildman–Crippen LogP) is 1.89. The van der Waals surface area contributed by atoms with Crippen molar-refractivity contribution >= 4 is 22.9 Å². The molecule has 0 radical (unpaired) electrons. The molecule has 1 aromatic carbocycles. The van der Waals surface area contributed by atoms with Crippen molar-refractivity contribution in [3.63, 3.8) is 0 Å². The van der Waals surface area contributed by atoms with Crippen LogP contribution >= 0.6 is 0 Å². The Morgan fingerprint density at radius 3 is 2.78 bits per heavy atom. The fraction of sp³-hybridized carbons (Fsp3) is 0.368. The summed E-state index contributed by atoms with van der Waals surface area (Å²) < 4.78 is 1.75. The van der Waals surface area contributed by atoms with Gasteiger partial charge in [-0.3, -0.25) is 14.6 Å². The highest BCUT2D eigenvalue weighted by atomic mass is 16.1. The molecule has 142 valence electrons. The van der Waals surface area contributed by atoms with Crippen molar-refractivity contribution in [3.05, 3.63) is 51.9 Å². The summed E-state index contributed by atoms with van der Waals surface area (Å²) in [4.78, 5) is 31.3. The van der Waals surface area contributed by atoms with Crippen LogP contribution in [-0.2, 0) is 12.0 Å². The maximum atomic E-state index is 12.3. The maximum Gasteiger partial charge on any atom is 0.263 e. The molecule has 0 fully saturated rings. The number of benzene rings is 1. The van der Waals surface area contributed by atoms with Crippen LogP contribution in [0.25, 0.3) is 11.0 Å². The highest BCUT2D eigenvalue weighted by molar-refractivity contribution is 5.94. The first kappa shape index (κ1) is 18.6. The topological polar surface area (TPSA) is 105 Å². The van der Waals surface area contributed by atoms with Crippen molar-refractivity contribution in [2.24, 2.45) is 0 Å². The third kappa shape index (κ3) is 3.99. The van der Waals surface area contributed by atoms with Crippen molar-refractivity contribution in [3.8, 4) is 0 Å². The van der Waals surface area contributed by atoms with Crippen molar-refractivity contribution in [2.45, 2.75) is 32.7 Å². The number of nitrogens with zero attached hydrogens (tertiary/aromatic N) is 3. The molecule has 0 saturated carbocycles. The number of carbonyl (C=O) groups is 1. The standard InChI is InChI=1S/C19H24N6O2/c1-19(2,3)25-15-14(11-22-25)17(27)24-18(23-15)21-9-8-12-6-5-7-13(10-12)16(26)20-4/h5-7,10-11H,8-9H2,1-4H3,(H,20,26)(H2,21,23,24,27). The van der Waals surface area contributed by atoms with E-state index in [2.05, 4.69) is 25.7 Å². The van der Waals surface area contributed by atoms with E-state index in [1.807, 2.05) is 39.0 Å². The number of amides is 1. The minimum absolute atomic E-state index is 0.114. The summed E-state index contributed by atoms with van der Waals surface area (Å²) in [6.07, 6.45) is 2.23. The number of nitrogens with one attached hydrogen (secondary N) is 3. The van der Waals surface area contributed by atoms with Crippen LogP contribution < -0.4 is 16.2 Å².